The monoisotopic (exact) mass is 306 g/mol. The highest BCUT2D eigenvalue weighted by Gasteiger charge is 2.15. The van der Waals surface area contributed by atoms with Gasteiger partial charge >= 0.3 is 11.9 Å². The lowest BCUT2D eigenvalue weighted by Gasteiger charge is -2.11. The first-order chi connectivity index (χ1) is 10.5. The van der Waals surface area contributed by atoms with Gasteiger partial charge in [0.25, 0.3) is 0 Å². The summed E-state index contributed by atoms with van der Waals surface area (Å²) >= 11 is 0. The largest absolute Gasteiger partial charge is 0.478 e. The zero-order valence-corrected chi connectivity index (χ0v) is 13.5. The molecule has 22 heavy (non-hydrogen) atoms. The second-order valence-electron chi connectivity index (χ2n) is 5.71. The van der Waals surface area contributed by atoms with Crippen molar-refractivity contribution in [1.82, 2.24) is 0 Å². The molecule has 0 bridgehead atoms. The molecule has 1 aromatic rings. The maximum atomic E-state index is 12.0. The van der Waals surface area contributed by atoms with Gasteiger partial charge in [-0.25, -0.2) is 4.79 Å². The molecule has 0 saturated carbocycles. The highest BCUT2D eigenvalue weighted by Crippen LogP contribution is 2.17. The summed E-state index contributed by atoms with van der Waals surface area (Å²) in [6, 6.07) is 5.89. The number of carboxylic acid groups (broad SMARTS) is 1. The number of aromatic carboxylic acids is 1. The molecule has 0 unspecified atom stereocenters. The predicted molar refractivity (Wildman–Crippen MR) is 86.2 cm³/mol. The minimum Gasteiger partial charge on any atom is -0.478 e. The van der Waals surface area contributed by atoms with Crippen LogP contribution < -0.4 is 4.74 Å². The molecule has 0 aliphatic carbocycles. The molecule has 0 saturated heterocycles. The first-order valence-corrected chi connectivity index (χ1v) is 8.09. The van der Waals surface area contributed by atoms with Gasteiger partial charge in [-0.15, -0.1) is 0 Å². The van der Waals surface area contributed by atoms with E-state index in [4.69, 9.17) is 9.84 Å². The smallest absolute Gasteiger partial charge is 0.335 e. The zero-order valence-electron chi connectivity index (χ0n) is 13.5. The van der Waals surface area contributed by atoms with Crippen molar-refractivity contribution in [2.24, 2.45) is 5.92 Å². The average Bonchev–Trinajstić information content (AvgIpc) is 2.51. The lowest BCUT2D eigenvalue weighted by Crippen LogP contribution is -2.17. The molecule has 0 fully saturated rings. The SMILES string of the molecule is CCCCCCCC[C@H](C)C(=O)Oc1ccc(C(=O)O)cc1. The Balaban J connectivity index is 2.30. The Labute approximate surface area is 132 Å². The van der Waals surface area contributed by atoms with Crippen LogP contribution in [0, 0.1) is 5.92 Å². The molecule has 0 aromatic heterocycles. The third-order valence-corrected chi connectivity index (χ3v) is 3.71. The lowest BCUT2D eigenvalue weighted by atomic mass is 10.0. The summed E-state index contributed by atoms with van der Waals surface area (Å²) in [5.41, 5.74) is 0.180. The van der Waals surface area contributed by atoms with Gasteiger partial charge in [-0.05, 0) is 30.7 Å². The molecule has 1 aromatic carbocycles. The van der Waals surface area contributed by atoms with E-state index in [1.54, 1.807) is 0 Å². The van der Waals surface area contributed by atoms with Crippen LogP contribution in [0.3, 0.4) is 0 Å². The van der Waals surface area contributed by atoms with E-state index in [1.807, 2.05) is 6.92 Å². The van der Waals surface area contributed by atoms with Crippen molar-refractivity contribution in [3.63, 3.8) is 0 Å². The van der Waals surface area contributed by atoms with Gasteiger partial charge in [-0.3, -0.25) is 4.79 Å². The molecule has 1 N–H and O–H groups in total. The summed E-state index contributed by atoms with van der Waals surface area (Å²) in [5.74, 6) is -0.985. The van der Waals surface area contributed by atoms with Crippen LogP contribution in [0.1, 0.15) is 69.2 Å². The second kappa shape index (κ2) is 9.98. The highest BCUT2D eigenvalue weighted by atomic mass is 16.5. The van der Waals surface area contributed by atoms with E-state index < -0.39 is 5.97 Å². The number of benzene rings is 1. The van der Waals surface area contributed by atoms with Gasteiger partial charge in [0, 0.05) is 0 Å². The molecule has 0 amide bonds. The van der Waals surface area contributed by atoms with E-state index in [0.717, 1.165) is 19.3 Å². The van der Waals surface area contributed by atoms with Gasteiger partial charge in [0.05, 0.1) is 11.5 Å². The summed E-state index contributed by atoms with van der Waals surface area (Å²) in [5, 5.41) is 8.81. The van der Waals surface area contributed by atoms with Gasteiger partial charge in [0.1, 0.15) is 5.75 Å². The Bertz CT molecular complexity index is 464. The van der Waals surface area contributed by atoms with Crippen molar-refractivity contribution in [3.05, 3.63) is 29.8 Å². The van der Waals surface area contributed by atoms with E-state index >= 15 is 0 Å². The van der Waals surface area contributed by atoms with Gasteiger partial charge in [-0.2, -0.15) is 0 Å². The number of carbonyl (C=O) groups excluding carboxylic acids is 1. The summed E-state index contributed by atoms with van der Waals surface area (Å²) in [6.45, 7) is 4.07. The molecule has 0 spiro atoms. The fraction of sp³-hybridized carbons (Fsp3) is 0.556. The third-order valence-electron chi connectivity index (χ3n) is 3.71. The van der Waals surface area contributed by atoms with Crippen molar-refractivity contribution >= 4 is 11.9 Å². The molecular weight excluding hydrogens is 280 g/mol. The van der Waals surface area contributed by atoms with Crippen LogP contribution in [-0.4, -0.2) is 17.0 Å². The molecule has 4 heteroatoms. The molecule has 0 heterocycles. The molecule has 1 atom stereocenters. The fourth-order valence-electron chi connectivity index (χ4n) is 2.23. The first kappa shape index (κ1) is 18.2. The summed E-state index contributed by atoms with van der Waals surface area (Å²) in [4.78, 5) is 22.7. The maximum absolute atomic E-state index is 12.0. The number of carbonyl (C=O) groups is 2. The molecular formula is C18H26O4. The molecule has 0 aliphatic rings. The average molecular weight is 306 g/mol. The van der Waals surface area contributed by atoms with Crippen LogP contribution in [0.15, 0.2) is 24.3 Å². The summed E-state index contributed by atoms with van der Waals surface area (Å²) < 4.78 is 5.27. The van der Waals surface area contributed by atoms with Gasteiger partial charge in [0.15, 0.2) is 0 Å². The minimum atomic E-state index is -0.991. The van der Waals surface area contributed by atoms with E-state index in [2.05, 4.69) is 6.92 Å². The number of unbranched alkanes of at least 4 members (excludes halogenated alkanes) is 5. The topological polar surface area (TPSA) is 63.6 Å². The van der Waals surface area contributed by atoms with Crippen LogP contribution in [0.4, 0.5) is 0 Å². The summed E-state index contributed by atoms with van der Waals surface area (Å²) in [7, 11) is 0. The highest BCUT2D eigenvalue weighted by molar-refractivity contribution is 5.87. The normalized spacial score (nSPS) is 11.9. The number of esters is 1. The van der Waals surface area contributed by atoms with Gasteiger partial charge in [-0.1, -0.05) is 52.4 Å². The van der Waals surface area contributed by atoms with Crippen molar-refractivity contribution in [1.29, 1.82) is 0 Å². The van der Waals surface area contributed by atoms with Crippen LogP contribution >= 0.6 is 0 Å². The predicted octanol–water partition coefficient (Wildman–Crippen LogP) is 4.68. The zero-order chi connectivity index (χ0) is 16.4. The van der Waals surface area contributed by atoms with E-state index in [1.165, 1.54) is 49.9 Å². The molecule has 0 aliphatic heterocycles. The van der Waals surface area contributed by atoms with Crippen molar-refractivity contribution in [2.45, 2.75) is 58.8 Å². The standard InChI is InChI=1S/C18H26O4/c1-3-4-5-6-7-8-9-14(2)18(21)22-16-12-10-15(11-13-16)17(19)20/h10-14H,3-9H2,1-2H3,(H,19,20)/t14-/m0/s1. The van der Waals surface area contributed by atoms with Crippen LogP contribution in [0.5, 0.6) is 5.75 Å². The Morgan fingerprint density at radius 3 is 2.23 bits per heavy atom. The Morgan fingerprint density at radius 1 is 1.05 bits per heavy atom. The van der Waals surface area contributed by atoms with Crippen LogP contribution in [-0.2, 0) is 4.79 Å². The Kier molecular flexibility index (Phi) is 8.26. The Morgan fingerprint density at radius 2 is 1.64 bits per heavy atom. The Hall–Kier alpha value is -1.84. The lowest BCUT2D eigenvalue weighted by molar-refractivity contribution is -0.138. The quantitative estimate of drug-likeness (QED) is 0.387. The van der Waals surface area contributed by atoms with Crippen molar-refractivity contribution < 1.29 is 19.4 Å². The van der Waals surface area contributed by atoms with Gasteiger partial charge < -0.3 is 9.84 Å². The van der Waals surface area contributed by atoms with Crippen molar-refractivity contribution in [3.8, 4) is 5.75 Å². The van der Waals surface area contributed by atoms with E-state index in [0.29, 0.717) is 5.75 Å². The number of ether oxygens (including phenoxy) is 1. The summed E-state index contributed by atoms with van der Waals surface area (Å²) in [6.07, 6.45) is 8.05. The molecule has 4 nitrogen and oxygen atoms in total. The minimum absolute atomic E-state index is 0.134. The number of rotatable bonds is 10. The van der Waals surface area contributed by atoms with Crippen LogP contribution in [0.2, 0.25) is 0 Å². The van der Waals surface area contributed by atoms with E-state index in [9.17, 15) is 9.59 Å². The number of hydrogen-bond donors (Lipinski definition) is 1. The van der Waals surface area contributed by atoms with Crippen LogP contribution in [0.25, 0.3) is 0 Å². The third kappa shape index (κ3) is 6.74. The second-order valence-corrected chi connectivity index (χ2v) is 5.71. The van der Waals surface area contributed by atoms with E-state index in [-0.39, 0.29) is 17.5 Å². The van der Waals surface area contributed by atoms with Gasteiger partial charge in [0.2, 0.25) is 0 Å². The molecule has 1 rings (SSSR count). The maximum Gasteiger partial charge on any atom is 0.335 e. The fourth-order valence-corrected chi connectivity index (χ4v) is 2.23. The number of carboxylic acids is 1. The molecule has 122 valence electrons. The first-order valence-electron chi connectivity index (χ1n) is 8.09. The number of hydrogen-bond acceptors (Lipinski definition) is 3. The van der Waals surface area contributed by atoms with Crippen molar-refractivity contribution in [2.75, 3.05) is 0 Å². The molecule has 0 radical (unpaired) electrons.